The fourth-order valence-corrected chi connectivity index (χ4v) is 1.08. The van der Waals surface area contributed by atoms with Gasteiger partial charge in [0.15, 0.2) is 0 Å². The molecule has 1 rings (SSSR count). The predicted octanol–water partition coefficient (Wildman–Crippen LogP) is 1.28. The molecule has 1 aliphatic rings. The molecular weight excluding hydrogens is 124 g/mol. The van der Waals surface area contributed by atoms with Crippen LogP contribution in [0.5, 0.6) is 0 Å². The van der Waals surface area contributed by atoms with Crippen molar-refractivity contribution in [2.75, 3.05) is 7.05 Å². The first kappa shape index (κ1) is 7.19. The van der Waals surface area contributed by atoms with Crippen LogP contribution in [0.4, 0.5) is 0 Å². The number of nitrogens with zero attached hydrogens (tertiary/aromatic N) is 1. The van der Waals surface area contributed by atoms with E-state index in [0.717, 1.165) is 6.42 Å². The molecule has 10 heavy (non-hydrogen) atoms. The van der Waals surface area contributed by atoms with Gasteiger partial charge in [-0.15, -0.1) is 6.58 Å². The molecule has 2 heteroatoms. The van der Waals surface area contributed by atoms with Crippen LogP contribution in [0.2, 0.25) is 0 Å². The molecule has 0 spiro atoms. The van der Waals surface area contributed by atoms with Crippen LogP contribution in [-0.2, 0) is 0 Å². The highest BCUT2D eigenvalue weighted by atomic mass is 15.3. The summed E-state index contributed by atoms with van der Waals surface area (Å²) < 4.78 is 0. The zero-order chi connectivity index (χ0) is 7.61. The second-order valence-corrected chi connectivity index (χ2v) is 2.84. The van der Waals surface area contributed by atoms with Crippen molar-refractivity contribution in [3.8, 4) is 0 Å². The number of rotatable bonds is 2. The summed E-state index contributed by atoms with van der Waals surface area (Å²) >= 11 is 0. The van der Waals surface area contributed by atoms with Crippen LogP contribution < -0.4 is 5.32 Å². The van der Waals surface area contributed by atoms with Gasteiger partial charge in [-0.05, 0) is 6.92 Å². The summed E-state index contributed by atoms with van der Waals surface area (Å²) in [7, 11) is 2.06. The van der Waals surface area contributed by atoms with E-state index in [1.165, 1.54) is 0 Å². The number of hydrogen-bond acceptors (Lipinski definition) is 2. The molecule has 0 aromatic heterocycles. The van der Waals surface area contributed by atoms with Crippen molar-refractivity contribution in [3.63, 3.8) is 0 Å². The van der Waals surface area contributed by atoms with E-state index in [0.29, 0.717) is 0 Å². The molecule has 0 aromatic carbocycles. The minimum absolute atomic E-state index is 0.0573. The summed E-state index contributed by atoms with van der Waals surface area (Å²) in [5, 5.41) is 3.26. The van der Waals surface area contributed by atoms with Crippen molar-refractivity contribution in [2.24, 2.45) is 0 Å². The summed E-state index contributed by atoms with van der Waals surface area (Å²) in [4.78, 5) is 2.15. The molecule has 0 radical (unpaired) electrons. The monoisotopic (exact) mass is 138 g/mol. The van der Waals surface area contributed by atoms with Gasteiger partial charge in [0, 0.05) is 25.9 Å². The van der Waals surface area contributed by atoms with Gasteiger partial charge >= 0.3 is 0 Å². The molecule has 0 fully saturated rings. The average Bonchev–Trinajstić information content (AvgIpc) is 2.15. The minimum Gasteiger partial charge on any atom is -0.367 e. The summed E-state index contributed by atoms with van der Waals surface area (Å²) in [5.74, 6) is 0. The molecule has 1 atom stereocenters. The van der Waals surface area contributed by atoms with Crippen LogP contribution in [0.1, 0.15) is 13.3 Å². The molecule has 0 bridgehead atoms. The van der Waals surface area contributed by atoms with Gasteiger partial charge in [-0.1, -0.05) is 6.08 Å². The standard InChI is InChI=1S/C8H14N2/c1-4-5-8(2)9-6-7-10(8)3/h4,6-7,9H,1,5H2,2-3H3. The van der Waals surface area contributed by atoms with Gasteiger partial charge in [-0.2, -0.15) is 0 Å². The molecular formula is C8H14N2. The molecule has 0 saturated heterocycles. The smallest absolute Gasteiger partial charge is 0.110 e. The maximum atomic E-state index is 3.71. The van der Waals surface area contributed by atoms with Crippen molar-refractivity contribution >= 4 is 0 Å². The lowest BCUT2D eigenvalue weighted by molar-refractivity contribution is 0.201. The fourth-order valence-electron chi connectivity index (χ4n) is 1.08. The van der Waals surface area contributed by atoms with Gasteiger partial charge in [0.2, 0.25) is 0 Å². The van der Waals surface area contributed by atoms with E-state index in [9.17, 15) is 0 Å². The minimum atomic E-state index is 0.0573. The second-order valence-electron chi connectivity index (χ2n) is 2.84. The summed E-state index contributed by atoms with van der Waals surface area (Å²) in [5.41, 5.74) is 0.0573. The molecule has 2 nitrogen and oxygen atoms in total. The summed E-state index contributed by atoms with van der Waals surface area (Å²) in [6.07, 6.45) is 6.88. The number of nitrogens with one attached hydrogen (secondary N) is 1. The topological polar surface area (TPSA) is 15.3 Å². The van der Waals surface area contributed by atoms with Crippen LogP contribution in [-0.4, -0.2) is 17.6 Å². The van der Waals surface area contributed by atoms with E-state index in [4.69, 9.17) is 0 Å². The first-order valence-corrected chi connectivity index (χ1v) is 3.47. The molecule has 0 saturated carbocycles. The van der Waals surface area contributed by atoms with Crippen molar-refractivity contribution in [2.45, 2.75) is 19.0 Å². The Morgan fingerprint density at radius 3 is 2.90 bits per heavy atom. The predicted molar refractivity (Wildman–Crippen MR) is 43.3 cm³/mol. The lowest BCUT2D eigenvalue weighted by Gasteiger charge is -2.32. The Bertz CT molecular complexity index is 163. The van der Waals surface area contributed by atoms with Crippen LogP contribution >= 0.6 is 0 Å². The molecule has 56 valence electrons. The summed E-state index contributed by atoms with van der Waals surface area (Å²) in [6, 6.07) is 0. The Kier molecular flexibility index (Phi) is 1.70. The molecule has 1 N–H and O–H groups in total. The third kappa shape index (κ3) is 1.01. The SMILES string of the molecule is C=CCC1(C)NC=CN1C. The molecule has 0 amide bonds. The van der Waals surface area contributed by atoms with Crippen molar-refractivity contribution in [1.29, 1.82) is 0 Å². The van der Waals surface area contributed by atoms with E-state index in [1.54, 1.807) is 0 Å². The molecule has 0 aliphatic carbocycles. The van der Waals surface area contributed by atoms with E-state index in [1.807, 2.05) is 18.5 Å². The van der Waals surface area contributed by atoms with Gasteiger partial charge in [0.25, 0.3) is 0 Å². The third-order valence-electron chi connectivity index (χ3n) is 2.01. The average molecular weight is 138 g/mol. The maximum Gasteiger partial charge on any atom is 0.110 e. The lowest BCUT2D eigenvalue weighted by Crippen LogP contribution is -2.46. The van der Waals surface area contributed by atoms with Crippen LogP contribution in [0.15, 0.2) is 25.1 Å². The molecule has 0 aromatic rings. The van der Waals surface area contributed by atoms with E-state index < -0.39 is 0 Å². The summed E-state index contributed by atoms with van der Waals surface area (Å²) in [6.45, 7) is 5.86. The van der Waals surface area contributed by atoms with E-state index in [2.05, 4.69) is 30.8 Å². The van der Waals surface area contributed by atoms with E-state index >= 15 is 0 Å². The quantitative estimate of drug-likeness (QED) is 0.578. The Balaban J connectivity index is 2.60. The molecule has 1 aliphatic heterocycles. The largest absolute Gasteiger partial charge is 0.367 e. The Morgan fingerprint density at radius 2 is 2.50 bits per heavy atom. The Labute approximate surface area is 62.2 Å². The first-order valence-electron chi connectivity index (χ1n) is 3.47. The van der Waals surface area contributed by atoms with Crippen LogP contribution in [0, 0.1) is 0 Å². The zero-order valence-corrected chi connectivity index (χ0v) is 6.59. The van der Waals surface area contributed by atoms with Crippen molar-refractivity contribution in [3.05, 3.63) is 25.1 Å². The van der Waals surface area contributed by atoms with Gasteiger partial charge in [0.1, 0.15) is 5.66 Å². The molecule has 1 heterocycles. The normalized spacial score (nSPS) is 30.4. The van der Waals surface area contributed by atoms with E-state index in [-0.39, 0.29) is 5.66 Å². The fraction of sp³-hybridized carbons (Fsp3) is 0.500. The second kappa shape index (κ2) is 2.37. The van der Waals surface area contributed by atoms with Gasteiger partial charge in [-0.25, -0.2) is 0 Å². The Morgan fingerprint density at radius 1 is 1.80 bits per heavy atom. The molecule has 1 unspecified atom stereocenters. The van der Waals surface area contributed by atoms with Gasteiger partial charge in [-0.3, -0.25) is 0 Å². The highest BCUT2D eigenvalue weighted by Gasteiger charge is 2.27. The zero-order valence-electron chi connectivity index (χ0n) is 6.59. The van der Waals surface area contributed by atoms with Gasteiger partial charge < -0.3 is 10.2 Å². The van der Waals surface area contributed by atoms with Crippen LogP contribution in [0.3, 0.4) is 0 Å². The number of hydrogen-bond donors (Lipinski definition) is 1. The lowest BCUT2D eigenvalue weighted by atomic mass is 10.1. The van der Waals surface area contributed by atoms with Crippen LogP contribution in [0.25, 0.3) is 0 Å². The van der Waals surface area contributed by atoms with Gasteiger partial charge in [0.05, 0.1) is 0 Å². The highest BCUT2D eigenvalue weighted by molar-refractivity contribution is 5.03. The first-order chi connectivity index (χ1) is 4.69. The van der Waals surface area contributed by atoms with Crippen molar-refractivity contribution in [1.82, 2.24) is 10.2 Å². The highest BCUT2D eigenvalue weighted by Crippen LogP contribution is 2.18. The van der Waals surface area contributed by atoms with Crippen molar-refractivity contribution < 1.29 is 0 Å². The maximum absolute atomic E-state index is 3.71. The third-order valence-corrected chi connectivity index (χ3v) is 2.01. The Hall–Kier alpha value is -0.920.